The van der Waals surface area contributed by atoms with Crippen LogP contribution in [0.15, 0.2) is 56.3 Å². The SMILES string of the molecule is CNc1ccc(S(=O)(=O)Nc2c(Br)cccc2Br)cc1. The van der Waals surface area contributed by atoms with Gasteiger partial charge in [0.05, 0.1) is 10.6 Å². The first-order chi connectivity index (χ1) is 9.44. The number of halogens is 2. The molecule has 0 saturated heterocycles. The number of sulfonamides is 1. The summed E-state index contributed by atoms with van der Waals surface area (Å²) >= 11 is 6.66. The van der Waals surface area contributed by atoms with Gasteiger partial charge in [0.2, 0.25) is 0 Å². The van der Waals surface area contributed by atoms with Gasteiger partial charge in [0.25, 0.3) is 10.0 Å². The zero-order valence-corrected chi connectivity index (χ0v) is 14.5. The molecule has 0 radical (unpaired) electrons. The van der Waals surface area contributed by atoms with E-state index in [4.69, 9.17) is 0 Å². The maximum Gasteiger partial charge on any atom is 0.261 e. The largest absolute Gasteiger partial charge is 0.388 e. The summed E-state index contributed by atoms with van der Waals surface area (Å²) in [7, 11) is -1.84. The summed E-state index contributed by atoms with van der Waals surface area (Å²) in [6.07, 6.45) is 0. The molecule has 0 bridgehead atoms. The zero-order chi connectivity index (χ0) is 14.8. The third-order valence-corrected chi connectivity index (χ3v) is 5.34. The van der Waals surface area contributed by atoms with Crippen molar-refractivity contribution >= 4 is 53.3 Å². The van der Waals surface area contributed by atoms with E-state index in [1.54, 1.807) is 43.4 Å². The lowest BCUT2D eigenvalue weighted by atomic mass is 10.3. The van der Waals surface area contributed by atoms with Crippen molar-refractivity contribution in [1.82, 2.24) is 0 Å². The van der Waals surface area contributed by atoms with Crippen LogP contribution in [0.3, 0.4) is 0 Å². The molecule has 0 fully saturated rings. The van der Waals surface area contributed by atoms with Crippen LogP contribution in [0.25, 0.3) is 0 Å². The summed E-state index contributed by atoms with van der Waals surface area (Å²) in [5, 5.41) is 2.94. The van der Waals surface area contributed by atoms with Gasteiger partial charge in [0.15, 0.2) is 0 Å². The fraction of sp³-hybridized carbons (Fsp3) is 0.0769. The first kappa shape index (κ1) is 15.3. The Balaban J connectivity index is 2.35. The second-order valence-electron chi connectivity index (χ2n) is 3.98. The Bertz CT molecular complexity index is 695. The molecule has 0 unspecified atom stereocenters. The Morgan fingerprint density at radius 3 is 2.00 bits per heavy atom. The Hall–Kier alpha value is -1.05. The lowest BCUT2D eigenvalue weighted by Crippen LogP contribution is -2.13. The van der Waals surface area contributed by atoms with Gasteiger partial charge in [-0.2, -0.15) is 0 Å². The third-order valence-electron chi connectivity index (χ3n) is 2.65. The van der Waals surface area contributed by atoms with E-state index in [0.717, 1.165) is 5.69 Å². The summed E-state index contributed by atoms with van der Waals surface area (Å²) in [5.74, 6) is 0. The van der Waals surface area contributed by atoms with Crippen molar-refractivity contribution in [2.75, 3.05) is 17.1 Å². The van der Waals surface area contributed by atoms with Crippen LogP contribution in [0.4, 0.5) is 11.4 Å². The van der Waals surface area contributed by atoms with Crippen LogP contribution in [0, 0.1) is 0 Å². The first-order valence-electron chi connectivity index (χ1n) is 5.68. The maximum absolute atomic E-state index is 12.3. The standard InChI is InChI=1S/C13H12Br2N2O2S/c1-16-9-5-7-10(8-6-9)20(18,19)17-13-11(14)3-2-4-12(13)15/h2-8,16-17H,1H3. The van der Waals surface area contributed by atoms with E-state index >= 15 is 0 Å². The van der Waals surface area contributed by atoms with E-state index in [2.05, 4.69) is 41.9 Å². The van der Waals surface area contributed by atoms with Crippen molar-refractivity contribution in [1.29, 1.82) is 0 Å². The molecule has 0 aliphatic heterocycles. The topological polar surface area (TPSA) is 58.2 Å². The molecule has 0 aliphatic carbocycles. The van der Waals surface area contributed by atoms with E-state index in [1.165, 1.54) is 0 Å². The highest BCUT2D eigenvalue weighted by Gasteiger charge is 2.17. The molecule has 4 nitrogen and oxygen atoms in total. The first-order valence-corrected chi connectivity index (χ1v) is 8.75. The lowest BCUT2D eigenvalue weighted by Gasteiger charge is -2.12. The lowest BCUT2D eigenvalue weighted by molar-refractivity contribution is 0.601. The number of hydrogen-bond donors (Lipinski definition) is 2. The average molecular weight is 420 g/mol. The van der Waals surface area contributed by atoms with Crippen molar-refractivity contribution < 1.29 is 8.42 Å². The van der Waals surface area contributed by atoms with E-state index < -0.39 is 10.0 Å². The quantitative estimate of drug-likeness (QED) is 0.785. The second kappa shape index (κ2) is 6.15. The normalized spacial score (nSPS) is 11.2. The zero-order valence-electron chi connectivity index (χ0n) is 10.5. The van der Waals surface area contributed by atoms with E-state index in [9.17, 15) is 8.42 Å². The van der Waals surface area contributed by atoms with E-state index in [0.29, 0.717) is 14.6 Å². The number of hydrogen-bond acceptors (Lipinski definition) is 3. The molecule has 0 aromatic heterocycles. The fourth-order valence-corrected chi connectivity index (χ4v) is 4.15. The molecule has 0 spiro atoms. The van der Waals surface area contributed by atoms with Gasteiger partial charge in [0, 0.05) is 21.7 Å². The molecular weight excluding hydrogens is 408 g/mol. The number of para-hydroxylation sites is 1. The summed E-state index contributed by atoms with van der Waals surface area (Å²) < 4.78 is 28.6. The van der Waals surface area contributed by atoms with Crippen LogP contribution >= 0.6 is 31.9 Å². The van der Waals surface area contributed by atoms with Crippen LogP contribution < -0.4 is 10.0 Å². The number of anilines is 2. The van der Waals surface area contributed by atoms with Gasteiger partial charge in [-0.3, -0.25) is 4.72 Å². The predicted molar refractivity (Wildman–Crippen MR) is 88.6 cm³/mol. The average Bonchev–Trinajstić information content (AvgIpc) is 2.43. The minimum absolute atomic E-state index is 0.208. The highest BCUT2D eigenvalue weighted by molar-refractivity contribution is 9.11. The Labute approximate surface area is 134 Å². The highest BCUT2D eigenvalue weighted by Crippen LogP contribution is 2.32. The smallest absolute Gasteiger partial charge is 0.261 e. The molecule has 2 aromatic carbocycles. The van der Waals surface area contributed by atoms with Crippen LogP contribution in [0.5, 0.6) is 0 Å². The van der Waals surface area contributed by atoms with Gasteiger partial charge >= 0.3 is 0 Å². The molecule has 7 heteroatoms. The van der Waals surface area contributed by atoms with Gasteiger partial charge in [-0.25, -0.2) is 8.42 Å². The molecule has 2 N–H and O–H groups in total. The third kappa shape index (κ3) is 3.34. The molecular formula is C13H12Br2N2O2S. The number of nitrogens with one attached hydrogen (secondary N) is 2. The van der Waals surface area contributed by atoms with Gasteiger partial charge in [-0.05, 0) is 68.3 Å². The molecule has 2 rings (SSSR count). The monoisotopic (exact) mass is 418 g/mol. The summed E-state index contributed by atoms with van der Waals surface area (Å²) in [6, 6.07) is 11.9. The number of rotatable bonds is 4. The van der Waals surface area contributed by atoms with Crippen molar-refractivity contribution in [3.8, 4) is 0 Å². The molecule has 0 aliphatic rings. The second-order valence-corrected chi connectivity index (χ2v) is 7.37. The molecule has 0 amide bonds. The van der Waals surface area contributed by atoms with Gasteiger partial charge in [-0.1, -0.05) is 6.07 Å². The van der Waals surface area contributed by atoms with Crippen LogP contribution in [0.2, 0.25) is 0 Å². The molecule has 20 heavy (non-hydrogen) atoms. The van der Waals surface area contributed by atoms with Crippen LogP contribution in [0.1, 0.15) is 0 Å². The fourth-order valence-electron chi connectivity index (χ4n) is 1.59. The van der Waals surface area contributed by atoms with Crippen LogP contribution in [-0.4, -0.2) is 15.5 Å². The Kier molecular flexibility index (Phi) is 4.72. The Morgan fingerprint density at radius 1 is 0.950 bits per heavy atom. The van der Waals surface area contributed by atoms with Crippen molar-refractivity contribution in [2.45, 2.75) is 4.90 Å². The van der Waals surface area contributed by atoms with Crippen LogP contribution in [-0.2, 0) is 10.0 Å². The minimum atomic E-state index is -3.62. The summed E-state index contributed by atoms with van der Waals surface area (Å²) in [5.41, 5.74) is 1.33. The highest BCUT2D eigenvalue weighted by atomic mass is 79.9. The molecule has 0 saturated carbocycles. The number of benzene rings is 2. The summed E-state index contributed by atoms with van der Waals surface area (Å²) in [4.78, 5) is 0.208. The minimum Gasteiger partial charge on any atom is -0.388 e. The van der Waals surface area contributed by atoms with Crippen molar-refractivity contribution in [2.24, 2.45) is 0 Å². The van der Waals surface area contributed by atoms with Gasteiger partial charge in [-0.15, -0.1) is 0 Å². The summed E-state index contributed by atoms with van der Waals surface area (Å²) in [6.45, 7) is 0. The van der Waals surface area contributed by atoms with E-state index in [1.807, 2.05) is 6.07 Å². The maximum atomic E-state index is 12.3. The van der Waals surface area contributed by atoms with Gasteiger partial charge < -0.3 is 5.32 Å². The molecule has 0 atom stereocenters. The molecule has 0 heterocycles. The van der Waals surface area contributed by atoms with Crippen molar-refractivity contribution in [3.63, 3.8) is 0 Å². The molecule has 2 aromatic rings. The molecule has 106 valence electrons. The van der Waals surface area contributed by atoms with Gasteiger partial charge in [0.1, 0.15) is 0 Å². The predicted octanol–water partition coefficient (Wildman–Crippen LogP) is 4.05. The van der Waals surface area contributed by atoms with Crippen molar-refractivity contribution in [3.05, 3.63) is 51.4 Å². The Morgan fingerprint density at radius 2 is 1.50 bits per heavy atom. The van der Waals surface area contributed by atoms with E-state index in [-0.39, 0.29) is 4.90 Å².